The number of hydrogen-bond donors (Lipinski definition) is 4. The second-order valence-electron chi connectivity index (χ2n) is 22.1. The Kier molecular flexibility index (Phi) is 13.8. The van der Waals surface area contributed by atoms with Crippen LogP contribution in [0.1, 0.15) is 114 Å². The maximum atomic E-state index is 14.1. The van der Waals surface area contributed by atoms with Gasteiger partial charge in [-0.15, -0.1) is 0 Å². The maximum absolute atomic E-state index is 14.1. The largest absolute Gasteiger partial charge is 0.480 e. The molecule has 3 fully saturated rings. The molecule has 11 rings (SSSR count). The number of phosphoric acid groups is 1. The minimum Gasteiger partial charge on any atom is -0.480 e. The fourth-order valence-corrected chi connectivity index (χ4v) is 12.9. The summed E-state index contributed by atoms with van der Waals surface area (Å²) >= 11 is 0. The number of methoxy groups -OCH3 is 1. The van der Waals surface area contributed by atoms with Gasteiger partial charge in [0, 0.05) is 98.7 Å². The van der Waals surface area contributed by atoms with E-state index in [1.165, 1.54) is 11.3 Å². The average molecular weight is 1090 g/mol. The second-order valence-corrected chi connectivity index (χ2v) is 23.4. The number of anilines is 5. The zero-order valence-corrected chi connectivity index (χ0v) is 45.4. The number of carbonyl (C=O) groups is 5. The molecule has 4 aromatic heterocycles. The average Bonchev–Trinajstić information content (AvgIpc) is 4.04. The zero-order valence-electron chi connectivity index (χ0n) is 44.5. The molecule has 5 aliphatic heterocycles. The summed E-state index contributed by atoms with van der Waals surface area (Å²) in [6.45, 7) is 13.8. The number of rotatable bonds is 13. The summed E-state index contributed by atoms with van der Waals surface area (Å²) in [5.41, 5.74) is 7.85. The molecule has 2 unspecified atom stereocenters. The van der Waals surface area contributed by atoms with E-state index in [-0.39, 0.29) is 47.4 Å². The Hall–Kier alpha value is -7.07. The minimum atomic E-state index is -5.01. The number of aromatic nitrogens is 4. The Labute approximate surface area is 451 Å². The Bertz CT molecular complexity index is 3310. The van der Waals surface area contributed by atoms with E-state index >= 15 is 0 Å². The molecule has 5 aromatic rings. The molecule has 78 heavy (non-hydrogen) atoms. The molecule has 9 heterocycles. The van der Waals surface area contributed by atoms with Crippen LogP contribution in [0.25, 0.3) is 11.1 Å². The van der Waals surface area contributed by atoms with Crippen molar-refractivity contribution in [1.82, 2.24) is 34.2 Å². The van der Waals surface area contributed by atoms with Crippen molar-refractivity contribution in [1.29, 1.82) is 0 Å². The van der Waals surface area contributed by atoms with Gasteiger partial charge < -0.3 is 39.3 Å². The number of aliphatic hydroxyl groups excluding tert-OH is 1. The van der Waals surface area contributed by atoms with Gasteiger partial charge in [-0.05, 0) is 118 Å². The number of carbonyl (C=O) groups excluding carboxylic acids is 5. The monoisotopic (exact) mass is 1090 g/mol. The lowest BCUT2D eigenvalue weighted by atomic mass is 9.90. The van der Waals surface area contributed by atoms with Crippen LogP contribution in [0.15, 0.2) is 67.1 Å². The smallest absolute Gasteiger partial charge is 0.471 e. The van der Waals surface area contributed by atoms with E-state index in [1.54, 1.807) is 43.5 Å². The SMILES string of the molecule is COc1ncc(-c2ccnc(N3CCn4c(cc5c4CC(C)(C)C5)C3=O)c2C(C)O)cc1Nc1ccc(N2CCN(C3CCN(c4ccc5c(c4)C(=O)N([C@H]4CCC(=O)N(COP(=O)(O)O)C4=O)C5=O)[C@@H](C)C3)C[C@@H]2C)cn1. The number of nitrogens with zero attached hydrogens (tertiary/aromatic N) is 10. The predicted octanol–water partition coefficient (Wildman–Crippen LogP) is 5.68. The maximum Gasteiger partial charge on any atom is 0.471 e. The fraction of sp³-hybridized carbons (Fsp3) is 0.455. The molecule has 410 valence electrons. The van der Waals surface area contributed by atoms with E-state index in [0.29, 0.717) is 76.2 Å². The summed E-state index contributed by atoms with van der Waals surface area (Å²) in [6.07, 6.45) is 7.55. The van der Waals surface area contributed by atoms with E-state index in [2.05, 4.69) is 72.8 Å². The van der Waals surface area contributed by atoms with Crippen LogP contribution in [-0.4, -0.2) is 149 Å². The molecule has 1 aromatic carbocycles. The lowest BCUT2D eigenvalue weighted by molar-refractivity contribution is -0.155. The van der Waals surface area contributed by atoms with Crippen LogP contribution in [0.3, 0.4) is 0 Å². The number of nitrogens with one attached hydrogen (secondary N) is 1. The number of pyridine rings is 3. The van der Waals surface area contributed by atoms with Crippen molar-refractivity contribution in [3.05, 3.63) is 101 Å². The predicted molar refractivity (Wildman–Crippen MR) is 287 cm³/mol. The third-order valence-electron chi connectivity index (χ3n) is 16.4. The molecule has 0 saturated carbocycles. The second kappa shape index (κ2) is 20.3. The van der Waals surface area contributed by atoms with Gasteiger partial charge in [-0.1, -0.05) is 13.8 Å². The van der Waals surface area contributed by atoms with Crippen LogP contribution in [0.2, 0.25) is 0 Å². The van der Waals surface area contributed by atoms with Crippen LogP contribution in [0, 0.1) is 5.41 Å². The number of phosphoric ester groups is 1. The van der Waals surface area contributed by atoms with Gasteiger partial charge in [0.25, 0.3) is 23.6 Å². The van der Waals surface area contributed by atoms with Gasteiger partial charge in [0.15, 0.2) is 0 Å². The highest BCUT2D eigenvalue weighted by molar-refractivity contribution is 7.46. The summed E-state index contributed by atoms with van der Waals surface area (Å²) in [5.74, 6) is -1.77. The molecule has 5 atom stereocenters. The lowest BCUT2D eigenvalue weighted by Crippen LogP contribution is -2.58. The van der Waals surface area contributed by atoms with Crippen molar-refractivity contribution in [2.45, 2.75) is 110 Å². The summed E-state index contributed by atoms with van der Waals surface area (Å²) in [4.78, 5) is 110. The van der Waals surface area contributed by atoms with Crippen molar-refractivity contribution in [2.24, 2.45) is 5.41 Å². The molecule has 0 radical (unpaired) electrons. The normalized spacial score (nSPS) is 23.0. The first-order chi connectivity index (χ1) is 37.2. The number of imide groups is 2. The van der Waals surface area contributed by atoms with Gasteiger partial charge in [-0.2, -0.15) is 0 Å². The molecule has 22 nitrogen and oxygen atoms in total. The standard InChI is InChI=1S/C55H64N11O11P/c1-31-21-36(14-16-61(31)37-7-9-40-41(24-37)52(70)66(51(40)69)43-10-12-47(68)65(53(43)71)30-77-78(73,74)75)60-17-18-62(32(2)29-60)38-8-11-46(57-28-38)59-42-22-35(27-58-50(42)76-6)39-13-15-56-49(48(39)33(3)67)64-20-19-63-44(54(64)72)23-34-25-55(4,5)26-45(34)63/h7-9,11,13,15,22-24,27-28,31-33,36,43,67H,10,12,14,16-21,25-26,29-30H2,1-6H3,(H,57,59)(H2,73,74,75)/t31-,32-,33?,36?,43-/m0/s1. The van der Waals surface area contributed by atoms with Crippen LogP contribution >= 0.6 is 7.82 Å². The molecule has 1 aliphatic carbocycles. The molecule has 3 saturated heterocycles. The number of ether oxygens (including phenoxy) is 1. The summed E-state index contributed by atoms with van der Waals surface area (Å²) in [5, 5.41) is 14.7. The van der Waals surface area contributed by atoms with Crippen LogP contribution in [0.4, 0.5) is 28.7 Å². The summed E-state index contributed by atoms with van der Waals surface area (Å²) < 4.78 is 23.5. The first-order valence-corrected chi connectivity index (χ1v) is 28.0. The van der Waals surface area contributed by atoms with Crippen molar-refractivity contribution in [3.8, 4) is 17.0 Å². The summed E-state index contributed by atoms with van der Waals surface area (Å²) in [7, 11) is -3.46. The number of benzene rings is 1. The Balaban J connectivity index is 0.717. The highest BCUT2D eigenvalue weighted by atomic mass is 31.2. The minimum absolute atomic E-state index is 0.0985. The summed E-state index contributed by atoms with van der Waals surface area (Å²) in [6, 6.07) is 14.1. The topological polar surface area (TPSA) is 257 Å². The van der Waals surface area contributed by atoms with Gasteiger partial charge in [-0.25, -0.2) is 19.5 Å². The van der Waals surface area contributed by atoms with E-state index in [9.17, 15) is 33.6 Å². The number of piperidine rings is 2. The van der Waals surface area contributed by atoms with E-state index in [0.717, 1.165) is 61.6 Å². The molecule has 0 bridgehead atoms. The van der Waals surface area contributed by atoms with Crippen LogP contribution < -0.4 is 24.8 Å². The van der Waals surface area contributed by atoms with Gasteiger partial charge in [-0.3, -0.25) is 48.1 Å². The highest BCUT2D eigenvalue weighted by Gasteiger charge is 2.48. The molecule has 23 heteroatoms. The van der Waals surface area contributed by atoms with Gasteiger partial charge in [0.05, 0.1) is 36.2 Å². The molecular formula is C55H64N11O11P. The number of piperazine rings is 1. The Morgan fingerprint density at radius 2 is 1.59 bits per heavy atom. The van der Waals surface area contributed by atoms with Gasteiger partial charge >= 0.3 is 7.82 Å². The van der Waals surface area contributed by atoms with Crippen LogP contribution in [0.5, 0.6) is 5.88 Å². The van der Waals surface area contributed by atoms with E-state index in [4.69, 9.17) is 19.5 Å². The van der Waals surface area contributed by atoms with Crippen molar-refractivity contribution >= 4 is 66.1 Å². The number of fused-ring (bicyclic) bond motifs is 4. The number of amides is 5. The van der Waals surface area contributed by atoms with E-state index in [1.807, 2.05) is 36.5 Å². The van der Waals surface area contributed by atoms with Gasteiger partial charge in [0.2, 0.25) is 11.8 Å². The number of likely N-dealkylation sites (tertiary alicyclic amines) is 1. The van der Waals surface area contributed by atoms with E-state index < -0.39 is 50.3 Å². The third-order valence-corrected chi connectivity index (χ3v) is 16.8. The van der Waals surface area contributed by atoms with Gasteiger partial charge in [0.1, 0.15) is 35.8 Å². The van der Waals surface area contributed by atoms with Crippen molar-refractivity contribution < 1.29 is 52.7 Å². The highest BCUT2D eigenvalue weighted by Crippen LogP contribution is 2.43. The Morgan fingerprint density at radius 3 is 2.31 bits per heavy atom. The zero-order chi connectivity index (χ0) is 55.1. The van der Waals surface area contributed by atoms with Crippen molar-refractivity contribution in [3.63, 3.8) is 0 Å². The third kappa shape index (κ3) is 9.72. The molecule has 4 N–H and O–H groups in total. The number of hydrogen-bond acceptors (Lipinski definition) is 16. The molecule has 0 spiro atoms. The van der Waals surface area contributed by atoms with Crippen LogP contribution in [-0.2, 0) is 38.1 Å². The quantitative estimate of drug-likeness (QED) is 0.0817. The molecule has 5 amide bonds. The first-order valence-electron chi connectivity index (χ1n) is 26.5. The first kappa shape index (κ1) is 53.0. The Morgan fingerprint density at radius 1 is 0.821 bits per heavy atom. The fourth-order valence-electron chi connectivity index (χ4n) is 12.7. The van der Waals surface area contributed by atoms with Crippen molar-refractivity contribution in [2.75, 3.05) is 66.6 Å². The molecular weight excluding hydrogens is 1020 g/mol. The lowest BCUT2D eigenvalue weighted by Gasteiger charge is -2.48. The number of aliphatic hydroxyl groups is 1. The molecule has 6 aliphatic rings.